The van der Waals surface area contributed by atoms with Gasteiger partial charge in [0.25, 0.3) is 5.91 Å². The van der Waals surface area contributed by atoms with E-state index < -0.39 is 0 Å². The molecule has 2 aliphatic heterocycles. The zero-order valence-corrected chi connectivity index (χ0v) is 15.3. The Bertz CT molecular complexity index is 748. The van der Waals surface area contributed by atoms with Crippen molar-refractivity contribution in [3.8, 4) is 0 Å². The molecular weight excluding hydrogens is 332 g/mol. The minimum atomic E-state index is -0.385. The van der Waals surface area contributed by atoms with E-state index in [1.807, 2.05) is 11.9 Å². The molecule has 2 saturated carbocycles. The van der Waals surface area contributed by atoms with E-state index in [1.54, 1.807) is 21.9 Å². The molecule has 0 N–H and O–H groups in total. The summed E-state index contributed by atoms with van der Waals surface area (Å²) >= 11 is 0. The number of carbonyl (C=O) groups is 2. The van der Waals surface area contributed by atoms with E-state index in [0.717, 1.165) is 6.42 Å². The van der Waals surface area contributed by atoms with Gasteiger partial charge in [-0.15, -0.1) is 0 Å². The molecule has 1 unspecified atom stereocenters. The van der Waals surface area contributed by atoms with Gasteiger partial charge < -0.3 is 19.1 Å². The SMILES string of the molecule is Cn1ccnc1C(=O)N1CC2(C1)CN(C(=O)C1CCCC13CC3)CCO2. The van der Waals surface area contributed by atoms with Crippen LogP contribution in [0.25, 0.3) is 0 Å². The van der Waals surface area contributed by atoms with Gasteiger partial charge in [0, 0.05) is 31.9 Å². The summed E-state index contributed by atoms with van der Waals surface area (Å²) in [6.07, 6.45) is 9.33. The van der Waals surface area contributed by atoms with Gasteiger partial charge in [-0.25, -0.2) is 4.98 Å². The number of carbonyl (C=O) groups excluding carboxylic acids is 2. The Morgan fingerprint density at radius 3 is 2.65 bits per heavy atom. The van der Waals surface area contributed by atoms with Crippen LogP contribution in [0.15, 0.2) is 12.4 Å². The maximum Gasteiger partial charge on any atom is 0.290 e. The van der Waals surface area contributed by atoms with Gasteiger partial charge in [-0.3, -0.25) is 9.59 Å². The normalized spacial score (nSPS) is 28.4. The number of morpholine rings is 1. The smallest absolute Gasteiger partial charge is 0.290 e. The quantitative estimate of drug-likeness (QED) is 0.793. The van der Waals surface area contributed by atoms with Crippen molar-refractivity contribution >= 4 is 11.8 Å². The third-order valence-corrected chi connectivity index (χ3v) is 6.91. The molecule has 1 atom stereocenters. The predicted molar refractivity (Wildman–Crippen MR) is 93.4 cm³/mol. The number of hydrogen-bond donors (Lipinski definition) is 0. The van der Waals surface area contributed by atoms with Crippen LogP contribution in [0.1, 0.15) is 42.7 Å². The monoisotopic (exact) mass is 358 g/mol. The fraction of sp³-hybridized carbons (Fsp3) is 0.737. The molecule has 2 amide bonds. The molecule has 26 heavy (non-hydrogen) atoms. The highest BCUT2D eigenvalue weighted by Crippen LogP contribution is 2.61. The van der Waals surface area contributed by atoms with Gasteiger partial charge in [-0.1, -0.05) is 6.42 Å². The molecule has 140 valence electrons. The Labute approximate surface area is 153 Å². The summed E-state index contributed by atoms with van der Waals surface area (Å²) in [4.78, 5) is 33.6. The van der Waals surface area contributed by atoms with Crippen molar-refractivity contribution < 1.29 is 14.3 Å². The fourth-order valence-corrected chi connectivity index (χ4v) is 5.23. The van der Waals surface area contributed by atoms with Crippen LogP contribution >= 0.6 is 0 Å². The van der Waals surface area contributed by atoms with Crippen LogP contribution in [0.4, 0.5) is 0 Å². The number of aryl methyl sites for hydroxylation is 1. The van der Waals surface area contributed by atoms with Gasteiger partial charge in [-0.2, -0.15) is 0 Å². The lowest BCUT2D eigenvalue weighted by molar-refractivity contribution is -0.182. The Morgan fingerprint density at radius 2 is 1.96 bits per heavy atom. The summed E-state index contributed by atoms with van der Waals surface area (Å²) in [6, 6.07) is 0. The lowest BCUT2D eigenvalue weighted by Gasteiger charge is -2.53. The average Bonchev–Trinajstić information content (AvgIpc) is 3.06. The van der Waals surface area contributed by atoms with Crippen molar-refractivity contribution in [2.45, 2.75) is 37.7 Å². The first kappa shape index (κ1) is 16.3. The molecule has 2 aliphatic carbocycles. The van der Waals surface area contributed by atoms with E-state index in [-0.39, 0.29) is 17.4 Å². The van der Waals surface area contributed by atoms with Crippen LogP contribution in [0.2, 0.25) is 0 Å². The van der Waals surface area contributed by atoms with Gasteiger partial charge >= 0.3 is 0 Å². The summed E-state index contributed by atoms with van der Waals surface area (Å²) in [5, 5.41) is 0. The molecule has 2 saturated heterocycles. The van der Waals surface area contributed by atoms with Crippen LogP contribution in [0.5, 0.6) is 0 Å². The minimum Gasteiger partial charge on any atom is -0.368 e. The first-order valence-electron chi connectivity index (χ1n) is 9.71. The molecule has 0 radical (unpaired) electrons. The second-order valence-electron chi connectivity index (χ2n) is 8.62. The topological polar surface area (TPSA) is 67.7 Å². The number of aromatic nitrogens is 2. The van der Waals surface area contributed by atoms with Crippen LogP contribution in [-0.4, -0.2) is 69.6 Å². The number of rotatable bonds is 2. The highest BCUT2D eigenvalue weighted by Gasteiger charge is 2.57. The van der Waals surface area contributed by atoms with Crippen LogP contribution in [-0.2, 0) is 16.6 Å². The van der Waals surface area contributed by atoms with E-state index in [2.05, 4.69) is 4.98 Å². The molecule has 7 nitrogen and oxygen atoms in total. The van der Waals surface area contributed by atoms with Crippen molar-refractivity contribution in [3.63, 3.8) is 0 Å². The first-order valence-corrected chi connectivity index (χ1v) is 9.71. The number of nitrogens with zero attached hydrogens (tertiary/aromatic N) is 4. The molecule has 7 heteroatoms. The number of hydrogen-bond acceptors (Lipinski definition) is 4. The predicted octanol–water partition coefficient (Wildman–Crippen LogP) is 1.05. The summed E-state index contributed by atoms with van der Waals surface area (Å²) in [6.45, 7) is 2.94. The standard InChI is InChI=1S/C19H26N4O3/c1-21-8-7-20-15(21)17(25)23-12-19(13-23)11-22(9-10-26-19)16(24)14-3-2-4-18(14)5-6-18/h7-8,14H,2-6,9-13H2,1H3. The highest BCUT2D eigenvalue weighted by molar-refractivity contribution is 5.91. The zero-order chi connectivity index (χ0) is 17.9. The summed E-state index contributed by atoms with van der Waals surface area (Å²) < 4.78 is 7.76. The number of ether oxygens (including phenoxy) is 1. The van der Waals surface area contributed by atoms with Gasteiger partial charge in [0.2, 0.25) is 5.91 Å². The van der Waals surface area contributed by atoms with Gasteiger partial charge in [0.05, 0.1) is 26.2 Å². The van der Waals surface area contributed by atoms with Crippen molar-refractivity contribution in [2.24, 2.45) is 18.4 Å². The fourth-order valence-electron chi connectivity index (χ4n) is 5.23. The van der Waals surface area contributed by atoms with Crippen LogP contribution in [0.3, 0.4) is 0 Å². The summed E-state index contributed by atoms with van der Waals surface area (Å²) in [7, 11) is 1.82. The molecule has 2 spiro atoms. The molecular formula is C19H26N4O3. The number of imidazole rings is 1. The second-order valence-corrected chi connectivity index (χ2v) is 8.62. The van der Waals surface area contributed by atoms with E-state index in [9.17, 15) is 9.59 Å². The Morgan fingerprint density at radius 1 is 1.19 bits per heavy atom. The van der Waals surface area contributed by atoms with Gasteiger partial charge in [0.15, 0.2) is 5.82 Å². The van der Waals surface area contributed by atoms with Crippen LogP contribution < -0.4 is 0 Å². The largest absolute Gasteiger partial charge is 0.368 e. The van der Waals surface area contributed by atoms with Gasteiger partial charge in [-0.05, 0) is 31.1 Å². The molecule has 1 aromatic heterocycles. The molecule has 0 aromatic carbocycles. The molecule has 5 rings (SSSR count). The molecule has 4 aliphatic rings. The lowest BCUT2D eigenvalue weighted by atomic mass is 9.88. The Kier molecular flexibility index (Phi) is 3.48. The summed E-state index contributed by atoms with van der Waals surface area (Å²) in [5.74, 6) is 0.938. The molecule has 4 fully saturated rings. The van der Waals surface area contributed by atoms with Crippen LogP contribution in [0, 0.1) is 11.3 Å². The maximum atomic E-state index is 13.1. The van der Waals surface area contributed by atoms with E-state index in [1.165, 1.54) is 25.7 Å². The third kappa shape index (κ3) is 2.40. The molecule has 0 bridgehead atoms. The Balaban J connectivity index is 1.24. The van der Waals surface area contributed by atoms with Crippen molar-refractivity contribution in [2.75, 3.05) is 32.8 Å². The Hall–Kier alpha value is -1.89. The average molecular weight is 358 g/mol. The van der Waals surface area contributed by atoms with Crippen molar-refractivity contribution in [3.05, 3.63) is 18.2 Å². The van der Waals surface area contributed by atoms with Crippen molar-refractivity contribution in [1.82, 2.24) is 19.4 Å². The maximum absolute atomic E-state index is 13.1. The second kappa shape index (κ2) is 5.55. The zero-order valence-electron chi connectivity index (χ0n) is 15.3. The highest BCUT2D eigenvalue weighted by atomic mass is 16.5. The summed E-state index contributed by atoms with van der Waals surface area (Å²) in [5.41, 5.74) is -0.0492. The van der Waals surface area contributed by atoms with Crippen molar-refractivity contribution in [1.29, 1.82) is 0 Å². The lowest BCUT2D eigenvalue weighted by Crippen LogP contribution is -2.72. The molecule has 1 aromatic rings. The number of amides is 2. The first-order chi connectivity index (χ1) is 12.5. The minimum absolute atomic E-state index is 0.0668. The van der Waals surface area contributed by atoms with E-state index in [4.69, 9.17) is 4.74 Å². The number of likely N-dealkylation sites (tertiary alicyclic amines) is 1. The van der Waals surface area contributed by atoms with Gasteiger partial charge in [0.1, 0.15) is 5.60 Å². The van der Waals surface area contributed by atoms with E-state index in [0.29, 0.717) is 49.9 Å². The van der Waals surface area contributed by atoms with E-state index >= 15 is 0 Å². The molecule has 3 heterocycles. The third-order valence-electron chi connectivity index (χ3n) is 6.91.